The van der Waals surface area contributed by atoms with Crippen LogP contribution in [0.1, 0.15) is 18.4 Å². The van der Waals surface area contributed by atoms with E-state index in [0.717, 1.165) is 25.9 Å². The molecule has 1 amide bonds. The van der Waals surface area contributed by atoms with Gasteiger partial charge in [-0.1, -0.05) is 18.2 Å². The lowest BCUT2D eigenvalue weighted by molar-refractivity contribution is -0.129. The Morgan fingerprint density at radius 3 is 2.94 bits per heavy atom. The van der Waals surface area contributed by atoms with Crippen molar-refractivity contribution in [2.24, 2.45) is 11.7 Å². The third-order valence-corrected chi connectivity index (χ3v) is 3.55. The summed E-state index contributed by atoms with van der Waals surface area (Å²) in [4.78, 5) is 14.0. The first-order valence-corrected chi connectivity index (χ1v) is 6.45. The minimum Gasteiger partial charge on any atom is -0.508 e. The molecular weight excluding hydrogens is 228 g/mol. The van der Waals surface area contributed by atoms with E-state index in [9.17, 15) is 9.90 Å². The number of benzene rings is 1. The first-order chi connectivity index (χ1) is 8.70. The van der Waals surface area contributed by atoms with Crippen LogP contribution in [-0.2, 0) is 11.2 Å². The molecule has 1 aromatic rings. The largest absolute Gasteiger partial charge is 0.508 e. The molecule has 98 valence electrons. The summed E-state index contributed by atoms with van der Waals surface area (Å²) in [5, 5.41) is 9.65. The van der Waals surface area contributed by atoms with Gasteiger partial charge in [0.05, 0.1) is 6.42 Å². The van der Waals surface area contributed by atoms with Crippen molar-refractivity contribution in [3.05, 3.63) is 29.8 Å². The highest BCUT2D eigenvalue weighted by Gasteiger charge is 2.25. The lowest BCUT2D eigenvalue weighted by atomic mass is 10.1. The number of phenols is 1. The minimum absolute atomic E-state index is 0.0935. The zero-order chi connectivity index (χ0) is 13.0. The fourth-order valence-corrected chi connectivity index (χ4v) is 2.47. The predicted molar refractivity (Wildman–Crippen MR) is 70.2 cm³/mol. The molecule has 1 aliphatic heterocycles. The number of likely N-dealkylation sites (tertiary alicyclic amines) is 1. The summed E-state index contributed by atoms with van der Waals surface area (Å²) in [6.45, 7) is 2.31. The molecule has 0 saturated carbocycles. The summed E-state index contributed by atoms with van der Waals surface area (Å²) < 4.78 is 0. The first kappa shape index (κ1) is 12.9. The Hall–Kier alpha value is -1.55. The second kappa shape index (κ2) is 5.87. The number of hydrogen-bond donors (Lipinski definition) is 2. The van der Waals surface area contributed by atoms with Crippen molar-refractivity contribution < 1.29 is 9.90 Å². The number of aromatic hydroxyl groups is 1. The molecule has 0 aliphatic carbocycles. The minimum atomic E-state index is 0.0935. The summed E-state index contributed by atoms with van der Waals surface area (Å²) in [5.41, 5.74) is 6.24. The summed E-state index contributed by atoms with van der Waals surface area (Å²) in [6.07, 6.45) is 2.31. The van der Waals surface area contributed by atoms with Gasteiger partial charge < -0.3 is 15.7 Å². The van der Waals surface area contributed by atoms with E-state index in [1.165, 1.54) is 0 Å². The molecule has 1 aliphatic rings. The lowest BCUT2D eigenvalue weighted by Gasteiger charge is -2.16. The van der Waals surface area contributed by atoms with Crippen molar-refractivity contribution in [1.82, 2.24) is 4.90 Å². The van der Waals surface area contributed by atoms with Crippen LogP contribution in [0.15, 0.2) is 24.3 Å². The Morgan fingerprint density at radius 1 is 1.44 bits per heavy atom. The van der Waals surface area contributed by atoms with Crippen LogP contribution in [0.4, 0.5) is 0 Å². The highest BCUT2D eigenvalue weighted by molar-refractivity contribution is 5.79. The Balaban J connectivity index is 1.91. The average Bonchev–Trinajstić information content (AvgIpc) is 2.81. The molecule has 0 aromatic heterocycles. The van der Waals surface area contributed by atoms with Gasteiger partial charge >= 0.3 is 0 Å². The normalized spacial score (nSPS) is 19.2. The molecule has 1 unspecified atom stereocenters. The number of phenolic OH excluding ortho intramolecular Hbond substituents is 1. The molecule has 1 saturated heterocycles. The van der Waals surface area contributed by atoms with Crippen LogP contribution >= 0.6 is 0 Å². The van der Waals surface area contributed by atoms with Gasteiger partial charge in [0.15, 0.2) is 0 Å². The maximum absolute atomic E-state index is 12.1. The average molecular weight is 248 g/mol. The maximum atomic E-state index is 12.1. The number of nitrogens with zero attached hydrogens (tertiary/aromatic N) is 1. The monoisotopic (exact) mass is 248 g/mol. The van der Waals surface area contributed by atoms with Crippen molar-refractivity contribution in [3.8, 4) is 5.75 Å². The Morgan fingerprint density at radius 2 is 2.22 bits per heavy atom. The zero-order valence-electron chi connectivity index (χ0n) is 10.5. The fourth-order valence-electron chi connectivity index (χ4n) is 2.47. The number of para-hydroxylation sites is 1. The van der Waals surface area contributed by atoms with Gasteiger partial charge in [-0.3, -0.25) is 4.79 Å². The summed E-state index contributed by atoms with van der Waals surface area (Å²) in [7, 11) is 0. The molecule has 4 heteroatoms. The van der Waals surface area contributed by atoms with Crippen LogP contribution < -0.4 is 5.73 Å². The molecule has 1 aromatic carbocycles. The number of carbonyl (C=O) groups excluding carboxylic acids is 1. The first-order valence-electron chi connectivity index (χ1n) is 6.45. The van der Waals surface area contributed by atoms with E-state index in [1.807, 2.05) is 11.0 Å². The van der Waals surface area contributed by atoms with E-state index in [4.69, 9.17) is 5.73 Å². The Kier molecular flexibility index (Phi) is 4.20. The molecule has 1 heterocycles. The molecule has 0 radical (unpaired) electrons. The third-order valence-electron chi connectivity index (χ3n) is 3.55. The smallest absolute Gasteiger partial charge is 0.227 e. The summed E-state index contributed by atoms with van der Waals surface area (Å²) in [6, 6.07) is 7.00. The molecule has 3 N–H and O–H groups in total. The van der Waals surface area contributed by atoms with Crippen molar-refractivity contribution in [2.45, 2.75) is 19.3 Å². The van der Waals surface area contributed by atoms with Gasteiger partial charge in [-0.05, 0) is 31.4 Å². The van der Waals surface area contributed by atoms with Gasteiger partial charge in [0, 0.05) is 18.7 Å². The van der Waals surface area contributed by atoms with Crippen LogP contribution in [0.5, 0.6) is 5.75 Å². The number of hydrogen-bond acceptors (Lipinski definition) is 3. The van der Waals surface area contributed by atoms with Crippen LogP contribution in [-0.4, -0.2) is 35.5 Å². The standard InChI is InChI=1S/C14H20N2O2/c15-7-5-11-6-8-16(10-11)14(18)9-12-3-1-2-4-13(12)17/h1-4,11,17H,5-10,15H2. The Labute approximate surface area is 107 Å². The fraction of sp³-hybridized carbons (Fsp3) is 0.500. The number of carbonyl (C=O) groups is 1. The molecule has 0 spiro atoms. The maximum Gasteiger partial charge on any atom is 0.227 e. The van der Waals surface area contributed by atoms with Crippen LogP contribution in [0.2, 0.25) is 0 Å². The molecular formula is C14H20N2O2. The van der Waals surface area contributed by atoms with Crippen LogP contribution in [0.3, 0.4) is 0 Å². The highest BCUT2D eigenvalue weighted by atomic mass is 16.3. The van der Waals surface area contributed by atoms with Gasteiger partial charge in [0.25, 0.3) is 0 Å². The molecule has 1 atom stereocenters. The van der Waals surface area contributed by atoms with Gasteiger partial charge in [-0.15, -0.1) is 0 Å². The topological polar surface area (TPSA) is 66.6 Å². The van der Waals surface area contributed by atoms with Gasteiger partial charge in [0.1, 0.15) is 5.75 Å². The van der Waals surface area contributed by atoms with E-state index in [1.54, 1.807) is 18.2 Å². The van der Waals surface area contributed by atoms with Crippen molar-refractivity contribution in [3.63, 3.8) is 0 Å². The molecule has 4 nitrogen and oxygen atoms in total. The number of amides is 1. The Bertz CT molecular complexity index is 420. The van der Waals surface area contributed by atoms with E-state index >= 15 is 0 Å². The number of nitrogens with two attached hydrogens (primary N) is 1. The summed E-state index contributed by atoms with van der Waals surface area (Å²) in [5.74, 6) is 0.836. The van der Waals surface area contributed by atoms with E-state index in [-0.39, 0.29) is 18.1 Å². The lowest BCUT2D eigenvalue weighted by Crippen LogP contribution is -2.30. The van der Waals surface area contributed by atoms with Crippen molar-refractivity contribution >= 4 is 5.91 Å². The molecule has 18 heavy (non-hydrogen) atoms. The summed E-state index contributed by atoms with van der Waals surface area (Å²) >= 11 is 0. The molecule has 1 fully saturated rings. The molecule has 2 rings (SSSR count). The SMILES string of the molecule is NCCC1CCN(C(=O)Cc2ccccc2O)C1. The number of rotatable bonds is 4. The molecule has 0 bridgehead atoms. The third kappa shape index (κ3) is 3.01. The van der Waals surface area contributed by atoms with Gasteiger partial charge in [0.2, 0.25) is 5.91 Å². The van der Waals surface area contributed by atoms with Crippen LogP contribution in [0.25, 0.3) is 0 Å². The van der Waals surface area contributed by atoms with E-state index in [0.29, 0.717) is 18.0 Å². The zero-order valence-corrected chi connectivity index (χ0v) is 10.5. The van der Waals surface area contributed by atoms with Gasteiger partial charge in [-0.2, -0.15) is 0 Å². The predicted octanol–water partition coefficient (Wildman–Crippen LogP) is 1.13. The van der Waals surface area contributed by atoms with Gasteiger partial charge in [-0.25, -0.2) is 0 Å². The highest BCUT2D eigenvalue weighted by Crippen LogP contribution is 2.22. The second-order valence-corrected chi connectivity index (χ2v) is 4.88. The van der Waals surface area contributed by atoms with E-state index in [2.05, 4.69) is 0 Å². The quantitative estimate of drug-likeness (QED) is 0.839. The van der Waals surface area contributed by atoms with Crippen molar-refractivity contribution in [2.75, 3.05) is 19.6 Å². The second-order valence-electron chi connectivity index (χ2n) is 4.88. The van der Waals surface area contributed by atoms with E-state index < -0.39 is 0 Å². The van der Waals surface area contributed by atoms with Crippen LogP contribution in [0, 0.1) is 5.92 Å². The van der Waals surface area contributed by atoms with Crippen molar-refractivity contribution in [1.29, 1.82) is 0 Å².